The van der Waals surface area contributed by atoms with Gasteiger partial charge in [0.1, 0.15) is 12.2 Å². The number of carbonyl (C=O) groups is 1. The predicted molar refractivity (Wildman–Crippen MR) is 125 cm³/mol. The second-order valence-corrected chi connectivity index (χ2v) is 10.1. The molecule has 32 heavy (non-hydrogen) atoms. The lowest BCUT2D eigenvalue weighted by Crippen LogP contribution is -2.63. The van der Waals surface area contributed by atoms with Crippen molar-refractivity contribution >= 4 is 17.7 Å². The Morgan fingerprint density at radius 1 is 0.781 bits per heavy atom. The quantitative estimate of drug-likeness (QED) is 0.515. The zero-order valence-electron chi connectivity index (χ0n) is 18.0. The van der Waals surface area contributed by atoms with Crippen LogP contribution in [0.5, 0.6) is 0 Å². The van der Waals surface area contributed by atoms with E-state index in [0.29, 0.717) is 0 Å². The van der Waals surface area contributed by atoms with E-state index in [0.717, 1.165) is 16.7 Å². The van der Waals surface area contributed by atoms with Crippen LogP contribution in [-0.2, 0) is 14.3 Å². The lowest BCUT2D eigenvalue weighted by Gasteiger charge is -2.55. The predicted octanol–water partition coefficient (Wildman–Crippen LogP) is 5.77. The van der Waals surface area contributed by atoms with E-state index < -0.39 is 5.24 Å². The normalized spacial score (nSPS) is 33.4. The molecule has 3 aromatic carbocycles. The van der Waals surface area contributed by atoms with Crippen LogP contribution in [0.2, 0.25) is 0 Å². The van der Waals surface area contributed by atoms with Crippen LogP contribution in [0.3, 0.4) is 0 Å². The zero-order chi connectivity index (χ0) is 21.9. The molecule has 0 aromatic heterocycles. The maximum absolute atomic E-state index is 14.0. The minimum Gasteiger partial charge on any atom is -0.315 e. The molecule has 4 heterocycles. The molecule has 162 valence electrons. The van der Waals surface area contributed by atoms with Crippen LogP contribution in [0.25, 0.3) is 0 Å². The summed E-state index contributed by atoms with van der Waals surface area (Å²) < 4.78 is 13.4. The van der Waals surface area contributed by atoms with Crippen molar-refractivity contribution in [1.29, 1.82) is 0 Å². The third-order valence-corrected chi connectivity index (χ3v) is 8.31. The van der Waals surface area contributed by atoms with Crippen LogP contribution in [0.1, 0.15) is 46.6 Å². The van der Waals surface area contributed by atoms with Crippen molar-refractivity contribution in [2.45, 2.75) is 42.6 Å². The Hall–Kier alpha value is -2.60. The molecule has 6 unspecified atom stereocenters. The topological polar surface area (TPSA) is 38.8 Å². The minimum absolute atomic E-state index is 0.0401. The number of benzene rings is 3. The Kier molecular flexibility index (Phi) is 4.68. The van der Waals surface area contributed by atoms with Crippen LogP contribution in [0.4, 0.5) is 0 Å². The van der Waals surface area contributed by atoms with Gasteiger partial charge in [0, 0.05) is 0 Å². The van der Waals surface area contributed by atoms with Crippen LogP contribution in [-0.4, -0.2) is 22.1 Å². The molecule has 4 nitrogen and oxygen atoms in total. The Labute approximate surface area is 192 Å². The summed E-state index contributed by atoms with van der Waals surface area (Å²) >= 11 is 1.62. The Morgan fingerprint density at radius 3 is 2.00 bits per heavy atom. The summed E-state index contributed by atoms with van der Waals surface area (Å²) in [5.41, 5.74) is 4.40. The van der Waals surface area contributed by atoms with Crippen molar-refractivity contribution in [2.75, 3.05) is 0 Å². The van der Waals surface area contributed by atoms with E-state index in [2.05, 4.69) is 62.4 Å². The molecule has 0 N–H and O–H groups in total. The van der Waals surface area contributed by atoms with E-state index in [1.807, 2.05) is 41.3 Å². The van der Waals surface area contributed by atoms with Crippen molar-refractivity contribution in [3.8, 4) is 0 Å². The Bertz CT molecular complexity index is 1130. The summed E-state index contributed by atoms with van der Waals surface area (Å²) in [6.07, 6.45) is -0.591. The monoisotopic (exact) mass is 443 g/mol. The van der Waals surface area contributed by atoms with Gasteiger partial charge in [-0.15, -0.1) is 0 Å². The van der Waals surface area contributed by atoms with E-state index in [1.165, 1.54) is 5.56 Å². The van der Waals surface area contributed by atoms with Gasteiger partial charge < -0.3 is 9.47 Å². The number of nitrogens with zero attached hydrogens (tertiary/aromatic N) is 1. The summed E-state index contributed by atoms with van der Waals surface area (Å²) in [5, 5.41) is -1.18. The summed E-state index contributed by atoms with van der Waals surface area (Å²) in [5.74, 6) is -0.201. The first-order valence-corrected chi connectivity index (χ1v) is 12.0. The van der Waals surface area contributed by atoms with Crippen LogP contribution in [0, 0.1) is 12.8 Å². The van der Waals surface area contributed by atoms with E-state index >= 15 is 0 Å². The van der Waals surface area contributed by atoms with E-state index in [9.17, 15) is 4.79 Å². The first kappa shape index (κ1) is 20.0. The second-order valence-electron chi connectivity index (χ2n) is 8.85. The number of hydrogen-bond acceptors (Lipinski definition) is 4. The van der Waals surface area contributed by atoms with Gasteiger partial charge in [0.25, 0.3) is 0 Å². The van der Waals surface area contributed by atoms with Gasteiger partial charge >= 0.3 is 5.24 Å². The van der Waals surface area contributed by atoms with Gasteiger partial charge in [-0.1, -0.05) is 102 Å². The highest BCUT2D eigenvalue weighted by Crippen LogP contribution is 2.66. The lowest BCUT2D eigenvalue weighted by atomic mass is 9.85. The maximum atomic E-state index is 14.0. The molecule has 4 aliphatic heterocycles. The fourth-order valence-corrected chi connectivity index (χ4v) is 6.93. The summed E-state index contributed by atoms with van der Waals surface area (Å²) in [6, 6.07) is 28.6. The molecule has 0 aliphatic carbocycles. The first-order chi connectivity index (χ1) is 15.6. The van der Waals surface area contributed by atoms with Crippen molar-refractivity contribution in [2.24, 2.45) is 5.92 Å². The minimum atomic E-state index is -1.14. The summed E-state index contributed by atoms with van der Waals surface area (Å²) in [4.78, 5) is 15.9. The number of amides is 1. The van der Waals surface area contributed by atoms with E-state index in [-0.39, 0.29) is 35.3 Å². The second kappa shape index (κ2) is 7.48. The Morgan fingerprint density at radius 2 is 1.34 bits per heavy atom. The fraction of sp³-hybridized carbons (Fsp3) is 0.296. The number of thioether (sulfide) groups is 1. The Balaban J connectivity index is 1.46. The van der Waals surface area contributed by atoms with Gasteiger partial charge in [-0.3, -0.25) is 9.69 Å². The number of rotatable bonds is 3. The molecular weight excluding hydrogens is 418 g/mol. The standard InChI is InChI=1S/C27H25NO3S/c1-17-13-15-20(16-14-17)24-22-25(21-11-7-4-8-12-21)32-27(31-24)28(26(22)29)18(2)23(30-27)19-9-5-3-6-10-19/h3-16,18,22-25H,1-2H3. The molecule has 1 amide bonds. The van der Waals surface area contributed by atoms with E-state index in [1.54, 1.807) is 11.8 Å². The van der Waals surface area contributed by atoms with Gasteiger partial charge in [-0.25, -0.2) is 0 Å². The zero-order valence-corrected chi connectivity index (χ0v) is 18.9. The average Bonchev–Trinajstić information content (AvgIpc) is 3.13. The van der Waals surface area contributed by atoms with Crippen molar-refractivity contribution in [1.82, 2.24) is 4.90 Å². The SMILES string of the molecule is Cc1ccc(C2OC34OC(c5ccccc5)C(C)N3C(=O)C2C(c2ccccc2)S4)cc1. The highest BCUT2D eigenvalue weighted by Gasteiger charge is 2.69. The number of aryl methyl sites for hydroxylation is 1. The highest BCUT2D eigenvalue weighted by molar-refractivity contribution is 8.00. The fourth-order valence-electron chi connectivity index (χ4n) is 5.22. The van der Waals surface area contributed by atoms with Crippen molar-refractivity contribution in [3.63, 3.8) is 0 Å². The third-order valence-electron chi connectivity index (χ3n) is 6.81. The lowest BCUT2D eigenvalue weighted by molar-refractivity contribution is -0.279. The van der Waals surface area contributed by atoms with Crippen LogP contribution >= 0.6 is 11.8 Å². The molecule has 6 atom stereocenters. The number of carbonyl (C=O) groups excluding carboxylic acids is 1. The van der Waals surface area contributed by atoms with Gasteiger partial charge in [0.15, 0.2) is 0 Å². The molecule has 4 aliphatic rings. The smallest absolute Gasteiger partial charge is 0.309 e. The van der Waals surface area contributed by atoms with Gasteiger partial charge in [0.2, 0.25) is 5.91 Å². The molecule has 0 radical (unpaired) electrons. The molecule has 3 aromatic rings. The number of fused-ring (bicyclic) bond motifs is 2. The van der Waals surface area contributed by atoms with E-state index in [4.69, 9.17) is 9.47 Å². The van der Waals surface area contributed by atoms with Gasteiger partial charge in [-0.2, -0.15) is 0 Å². The van der Waals surface area contributed by atoms with Crippen LogP contribution < -0.4 is 0 Å². The van der Waals surface area contributed by atoms with Crippen LogP contribution in [0.15, 0.2) is 84.9 Å². The number of hydrogen-bond donors (Lipinski definition) is 0. The number of ether oxygens (including phenoxy) is 2. The average molecular weight is 444 g/mol. The molecule has 4 saturated heterocycles. The van der Waals surface area contributed by atoms with Gasteiger partial charge in [-0.05, 0) is 30.5 Å². The molecule has 4 fully saturated rings. The summed E-state index contributed by atoms with van der Waals surface area (Å²) in [6.45, 7) is 4.13. The highest BCUT2D eigenvalue weighted by atomic mass is 32.2. The molecule has 0 saturated carbocycles. The molecule has 1 spiro atoms. The summed E-state index contributed by atoms with van der Waals surface area (Å²) in [7, 11) is 0. The molecule has 5 heteroatoms. The molecule has 7 rings (SSSR count). The maximum Gasteiger partial charge on any atom is 0.309 e. The first-order valence-electron chi connectivity index (χ1n) is 11.1. The van der Waals surface area contributed by atoms with Crippen molar-refractivity contribution in [3.05, 3.63) is 107 Å². The molecule has 2 bridgehead atoms. The van der Waals surface area contributed by atoms with Gasteiger partial charge in [0.05, 0.1) is 17.2 Å². The van der Waals surface area contributed by atoms with Crippen molar-refractivity contribution < 1.29 is 14.3 Å². The largest absolute Gasteiger partial charge is 0.315 e. The third kappa shape index (κ3) is 2.95. The molecular formula is C27H25NO3S.